The Morgan fingerprint density at radius 2 is 1.33 bits per heavy atom. The molecule has 1 aliphatic carbocycles. The Labute approximate surface area is 39.6 Å². The molecule has 1 rings (SSSR count). The molecule has 0 aliphatic heterocycles. The Hall–Kier alpha value is 0. The van der Waals surface area contributed by atoms with Crippen LogP contribution >= 0.6 is 0 Å². The lowest BCUT2D eigenvalue weighted by Crippen LogP contribution is -2.19. The summed E-state index contributed by atoms with van der Waals surface area (Å²) in [4.78, 5) is 0. The van der Waals surface area contributed by atoms with Gasteiger partial charge < -0.3 is 0 Å². The minimum absolute atomic E-state index is 0.310. The topological polar surface area (TPSA) is 0 Å². The van der Waals surface area contributed by atoms with Crippen molar-refractivity contribution in [2.24, 2.45) is 11.8 Å². The molecule has 0 aromatic rings. The summed E-state index contributed by atoms with van der Waals surface area (Å²) >= 11 is 0. The molecule has 0 heterocycles. The van der Waals surface area contributed by atoms with E-state index in [1.165, 1.54) is 0 Å². The van der Waals surface area contributed by atoms with E-state index in [1.54, 1.807) is 0 Å². The first-order valence-corrected chi connectivity index (χ1v) is 2.32. The second-order valence-electron chi connectivity index (χ2n) is 1.91. The van der Waals surface area contributed by atoms with Gasteiger partial charge in [0.05, 0.1) is 0 Å². The fourth-order valence-electron chi connectivity index (χ4n) is 0.552. The van der Waals surface area contributed by atoms with Crippen LogP contribution in [0.5, 0.6) is 0 Å². The molecule has 32 valence electrons. The first-order chi connectivity index (χ1) is 2.80. The van der Waals surface area contributed by atoms with Gasteiger partial charge in [-0.15, -0.1) is 0 Å². The maximum absolute atomic E-state index is 5.40. The molecule has 0 bridgehead atoms. The van der Waals surface area contributed by atoms with Crippen molar-refractivity contribution in [3.63, 3.8) is 0 Å². The average molecular weight is 80.1 g/mol. The maximum atomic E-state index is 5.40. The van der Waals surface area contributed by atoms with Crippen molar-refractivity contribution in [3.8, 4) is 0 Å². The van der Waals surface area contributed by atoms with Gasteiger partial charge in [0.1, 0.15) is 0 Å². The van der Waals surface area contributed by atoms with E-state index in [9.17, 15) is 0 Å². The highest BCUT2D eigenvalue weighted by molar-refractivity contribution is 4.83. The van der Waals surface area contributed by atoms with Crippen LogP contribution < -0.4 is 0 Å². The summed E-state index contributed by atoms with van der Waals surface area (Å²) in [5, 5.41) is 0. The summed E-state index contributed by atoms with van der Waals surface area (Å²) < 4.78 is 0. The first kappa shape index (κ1) is 4.17. The van der Waals surface area contributed by atoms with Gasteiger partial charge in [-0.05, 0) is 38.5 Å². The third kappa shape index (κ3) is 0.444. The van der Waals surface area contributed by atoms with Crippen molar-refractivity contribution in [1.29, 1.82) is 0 Å². The van der Waals surface area contributed by atoms with Gasteiger partial charge in [0.15, 0.2) is 0 Å². The molecule has 2 atom stereocenters. The number of hydrogen-bond donors (Lipinski definition) is 0. The summed E-state index contributed by atoms with van der Waals surface area (Å²) in [5.41, 5.74) is 0. The van der Waals surface area contributed by atoms with E-state index in [2.05, 4.69) is 0 Å². The Morgan fingerprint density at radius 1 is 1.00 bits per heavy atom. The van der Waals surface area contributed by atoms with Gasteiger partial charge in [-0.3, -0.25) is 0 Å². The summed E-state index contributed by atoms with van der Waals surface area (Å²) in [6, 6.07) is 0. The molecule has 1 fully saturated rings. The fourth-order valence-corrected chi connectivity index (χ4v) is 0.552. The monoisotopic (exact) mass is 80.1 g/mol. The van der Waals surface area contributed by atoms with Crippen LogP contribution in [0.15, 0.2) is 0 Å². The Bertz CT molecular complexity index is 40.0. The van der Waals surface area contributed by atoms with E-state index in [4.69, 9.17) is 13.8 Å². The van der Waals surface area contributed by atoms with Crippen LogP contribution in [0.3, 0.4) is 0 Å². The summed E-state index contributed by atoms with van der Waals surface area (Å²) in [6.07, 6.45) is 2.25. The SMILES string of the molecule is [CH]C1CCC1[CH]. The van der Waals surface area contributed by atoms with E-state index < -0.39 is 0 Å². The molecule has 4 radical (unpaired) electrons. The van der Waals surface area contributed by atoms with E-state index in [0.29, 0.717) is 11.8 Å². The van der Waals surface area contributed by atoms with Crippen LogP contribution in [0.4, 0.5) is 0 Å². The zero-order chi connectivity index (χ0) is 4.57. The maximum Gasteiger partial charge on any atom is -0.0315 e. The molecule has 1 saturated carbocycles. The molecular formula is C6H8. The van der Waals surface area contributed by atoms with Crippen molar-refractivity contribution in [2.45, 2.75) is 12.8 Å². The summed E-state index contributed by atoms with van der Waals surface area (Å²) in [5.74, 6) is 0.620. The minimum atomic E-state index is 0.310. The van der Waals surface area contributed by atoms with Gasteiger partial charge in [-0.2, -0.15) is 0 Å². The highest BCUT2D eigenvalue weighted by Crippen LogP contribution is 2.31. The summed E-state index contributed by atoms with van der Waals surface area (Å²) in [6.45, 7) is 10.8. The smallest absolute Gasteiger partial charge is 0.0315 e. The summed E-state index contributed by atoms with van der Waals surface area (Å²) in [7, 11) is 0. The molecule has 0 aromatic heterocycles. The normalized spacial score (nSPS) is 45.0. The molecular weight excluding hydrogens is 72.1 g/mol. The molecule has 2 unspecified atom stereocenters. The molecule has 0 nitrogen and oxygen atoms in total. The Kier molecular flexibility index (Phi) is 0.868. The van der Waals surface area contributed by atoms with Crippen molar-refractivity contribution >= 4 is 0 Å². The molecule has 0 heteroatoms. The van der Waals surface area contributed by atoms with E-state index in [0.717, 1.165) is 12.8 Å². The van der Waals surface area contributed by atoms with Gasteiger partial charge in [-0.25, -0.2) is 0 Å². The molecule has 0 amide bonds. The molecule has 0 saturated heterocycles. The molecule has 0 spiro atoms. The van der Waals surface area contributed by atoms with Crippen LogP contribution in [-0.4, -0.2) is 0 Å². The zero-order valence-corrected chi connectivity index (χ0v) is 3.72. The highest BCUT2D eigenvalue weighted by atomic mass is 14.3. The van der Waals surface area contributed by atoms with Crippen molar-refractivity contribution in [3.05, 3.63) is 13.8 Å². The average Bonchev–Trinajstić information content (AvgIpc) is 1.61. The number of hydrogen-bond acceptors (Lipinski definition) is 0. The van der Waals surface area contributed by atoms with Crippen LogP contribution in [-0.2, 0) is 0 Å². The van der Waals surface area contributed by atoms with Gasteiger partial charge in [0, 0.05) is 0 Å². The fraction of sp³-hybridized carbons (Fsp3) is 0.667. The van der Waals surface area contributed by atoms with Gasteiger partial charge in [-0.1, -0.05) is 0 Å². The highest BCUT2D eigenvalue weighted by Gasteiger charge is 2.21. The van der Waals surface area contributed by atoms with E-state index >= 15 is 0 Å². The first-order valence-electron chi connectivity index (χ1n) is 2.32. The van der Waals surface area contributed by atoms with Crippen LogP contribution in [0.25, 0.3) is 0 Å². The predicted molar refractivity (Wildman–Crippen MR) is 24.8 cm³/mol. The minimum Gasteiger partial charge on any atom is -0.0496 e. The number of rotatable bonds is 0. The Balaban J connectivity index is 2.20. The van der Waals surface area contributed by atoms with Gasteiger partial charge >= 0.3 is 0 Å². The molecule has 0 aromatic carbocycles. The van der Waals surface area contributed by atoms with Crippen molar-refractivity contribution in [2.75, 3.05) is 0 Å². The predicted octanol–water partition coefficient (Wildman–Crippen LogP) is 1.43. The lowest BCUT2D eigenvalue weighted by molar-refractivity contribution is 0.280. The molecule has 6 heavy (non-hydrogen) atoms. The molecule has 1 aliphatic rings. The van der Waals surface area contributed by atoms with E-state index in [1.807, 2.05) is 0 Å². The lowest BCUT2D eigenvalue weighted by Gasteiger charge is -2.29. The molecule has 0 N–H and O–H groups in total. The van der Waals surface area contributed by atoms with Crippen molar-refractivity contribution < 1.29 is 0 Å². The largest absolute Gasteiger partial charge is 0.0496 e. The van der Waals surface area contributed by atoms with Gasteiger partial charge in [0.2, 0.25) is 0 Å². The van der Waals surface area contributed by atoms with E-state index in [-0.39, 0.29) is 0 Å². The third-order valence-electron chi connectivity index (χ3n) is 1.38. The van der Waals surface area contributed by atoms with Crippen molar-refractivity contribution in [1.82, 2.24) is 0 Å². The van der Waals surface area contributed by atoms with Crippen LogP contribution in [0.1, 0.15) is 12.8 Å². The standard InChI is InChI=1S/C6H8/c1-5-3-4-6(5)2/h1-2,5-6H,3-4H2. The quantitative estimate of drug-likeness (QED) is 0.413. The third-order valence-corrected chi connectivity index (χ3v) is 1.38. The Morgan fingerprint density at radius 3 is 1.33 bits per heavy atom. The second kappa shape index (κ2) is 1.25. The van der Waals surface area contributed by atoms with Gasteiger partial charge in [0.25, 0.3) is 0 Å². The lowest BCUT2D eigenvalue weighted by atomic mass is 9.77. The van der Waals surface area contributed by atoms with Crippen LogP contribution in [0, 0.1) is 25.7 Å². The zero-order valence-electron chi connectivity index (χ0n) is 3.72. The van der Waals surface area contributed by atoms with Crippen LogP contribution in [0.2, 0.25) is 0 Å². The second-order valence-corrected chi connectivity index (χ2v) is 1.91.